The van der Waals surface area contributed by atoms with Gasteiger partial charge in [-0.1, -0.05) is 18.2 Å². The van der Waals surface area contributed by atoms with Crippen molar-refractivity contribution < 1.29 is 4.39 Å². The van der Waals surface area contributed by atoms with Crippen LogP contribution >= 0.6 is 0 Å². The van der Waals surface area contributed by atoms with Gasteiger partial charge in [-0.3, -0.25) is 5.10 Å². The number of aromatic amines is 2. The zero-order chi connectivity index (χ0) is 20.8. The SMILES string of the molecule is Fc1ccc(-c2ccnc3[nH]c(-c4n[nH]c5ccc(-c6cncnc6)cc45)nc23)cc1. The van der Waals surface area contributed by atoms with Gasteiger partial charge in [0, 0.05) is 35.1 Å². The molecule has 8 heteroatoms. The van der Waals surface area contributed by atoms with Gasteiger partial charge in [-0.05, 0) is 41.5 Å². The van der Waals surface area contributed by atoms with E-state index in [1.54, 1.807) is 30.7 Å². The molecule has 0 saturated heterocycles. The predicted molar refractivity (Wildman–Crippen MR) is 115 cm³/mol. The number of rotatable bonds is 3. The van der Waals surface area contributed by atoms with Crippen LogP contribution < -0.4 is 0 Å². The smallest absolute Gasteiger partial charge is 0.160 e. The molecule has 4 aromatic heterocycles. The summed E-state index contributed by atoms with van der Waals surface area (Å²) in [7, 11) is 0. The largest absolute Gasteiger partial charge is 0.321 e. The predicted octanol–water partition coefficient (Wildman–Crippen LogP) is 4.76. The fourth-order valence-corrected chi connectivity index (χ4v) is 3.71. The van der Waals surface area contributed by atoms with E-state index in [1.165, 1.54) is 18.5 Å². The van der Waals surface area contributed by atoms with Gasteiger partial charge in [0.25, 0.3) is 0 Å². The molecule has 0 radical (unpaired) electrons. The number of H-pyrrole nitrogens is 2. The van der Waals surface area contributed by atoms with Crippen molar-refractivity contribution in [1.82, 2.24) is 35.1 Å². The minimum atomic E-state index is -0.278. The zero-order valence-electron chi connectivity index (χ0n) is 16.0. The van der Waals surface area contributed by atoms with Crippen LogP contribution in [0, 0.1) is 5.82 Å². The second-order valence-corrected chi connectivity index (χ2v) is 7.11. The Morgan fingerprint density at radius 3 is 2.48 bits per heavy atom. The Hall–Kier alpha value is -4.46. The zero-order valence-corrected chi connectivity index (χ0v) is 16.0. The highest BCUT2D eigenvalue weighted by Gasteiger charge is 2.16. The lowest BCUT2D eigenvalue weighted by molar-refractivity contribution is 0.628. The summed E-state index contributed by atoms with van der Waals surface area (Å²) in [6, 6.07) is 14.2. The van der Waals surface area contributed by atoms with Gasteiger partial charge in [-0.25, -0.2) is 24.3 Å². The van der Waals surface area contributed by atoms with Gasteiger partial charge in [0.15, 0.2) is 11.5 Å². The second-order valence-electron chi connectivity index (χ2n) is 7.11. The van der Waals surface area contributed by atoms with Crippen molar-refractivity contribution in [2.45, 2.75) is 0 Å². The van der Waals surface area contributed by atoms with Crippen LogP contribution in [-0.4, -0.2) is 35.1 Å². The molecule has 0 saturated carbocycles. The lowest BCUT2D eigenvalue weighted by Gasteiger charge is -2.01. The van der Waals surface area contributed by atoms with E-state index in [0.717, 1.165) is 33.2 Å². The highest BCUT2D eigenvalue weighted by atomic mass is 19.1. The van der Waals surface area contributed by atoms with E-state index in [1.807, 2.05) is 24.3 Å². The number of nitrogens with zero attached hydrogens (tertiary/aromatic N) is 5. The molecule has 2 N–H and O–H groups in total. The fourth-order valence-electron chi connectivity index (χ4n) is 3.71. The van der Waals surface area contributed by atoms with Crippen LogP contribution in [0.3, 0.4) is 0 Å². The number of halogens is 1. The van der Waals surface area contributed by atoms with Gasteiger partial charge in [0.1, 0.15) is 23.4 Å². The van der Waals surface area contributed by atoms with Crippen molar-refractivity contribution >= 4 is 22.1 Å². The molecule has 0 atom stereocenters. The molecule has 0 aliphatic carbocycles. The minimum Gasteiger partial charge on any atom is -0.321 e. The van der Waals surface area contributed by atoms with Gasteiger partial charge in [-0.15, -0.1) is 0 Å². The number of hydrogen-bond acceptors (Lipinski definition) is 5. The molecular weight excluding hydrogens is 393 g/mol. The third-order valence-corrected chi connectivity index (χ3v) is 5.22. The van der Waals surface area contributed by atoms with Gasteiger partial charge in [0.2, 0.25) is 0 Å². The Balaban J connectivity index is 1.51. The first-order valence-electron chi connectivity index (χ1n) is 9.61. The summed E-state index contributed by atoms with van der Waals surface area (Å²) < 4.78 is 13.4. The number of benzene rings is 2. The van der Waals surface area contributed by atoms with Crippen LogP contribution in [-0.2, 0) is 0 Å². The average molecular weight is 407 g/mol. The van der Waals surface area contributed by atoms with Crippen molar-refractivity contribution in [2.75, 3.05) is 0 Å². The normalized spacial score (nSPS) is 11.4. The summed E-state index contributed by atoms with van der Waals surface area (Å²) in [5.74, 6) is 0.323. The molecule has 0 amide bonds. The van der Waals surface area contributed by atoms with E-state index < -0.39 is 0 Å². The first-order chi connectivity index (χ1) is 15.3. The van der Waals surface area contributed by atoms with E-state index >= 15 is 0 Å². The van der Waals surface area contributed by atoms with Crippen molar-refractivity contribution in [2.24, 2.45) is 0 Å². The molecule has 0 bridgehead atoms. The maximum absolute atomic E-state index is 13.4. The van der Waals surface area contributed by atoms with Crippen molar-refractivity contribution in [1.29, 1.82) is 0 Å². The maximum atomic E-state index is 13.4. The topological polar surface area (TPSA) is 96.0 Å². The van der Waals surface area contributed by atoms with Crippen LogP contribution in [0.15, 0.2) is 73.4 Å². The summed E-state index contributed by atoms with van der Waals surface area (Å²) in [5, 5.41) is 8.46. The number of imidazole rings is 1. The maximum Gasteiger partial charge on any atom is 0.160 e. The quantitative estimate of drug-likeness (QED) is 0.441. The fraction of sp³-hybridized carbons (Fsp3) is 0. The standard InChI is InChI=1S/C23H14FN7/c24-16-4-1-13(2-5-16)17-7-8-27-22-20(17)28-23(29-22)21-18-9-14(3-6-19(18)30-31-21)15-10-25-12-26-11-15/h1-12H,(H,30,31)(H,27,28,29). The number of aromatic nitrogens is 7. The minimum absolute atomic E-state index is 0.278. The van der Waals surface area contributed by atoms with Crippen molar-refractivity contribution in [3.63, 3.8) is 0 Å². The van der Waals surface area contributed by atoms with E-state index in [0.29, 0.717) is 22.7 Å². The lowest BCUT2D eigenvalue weighted by Crippen LogP contribution is -1.84. The Bertz CT molecular complexity index is 1540. The highest BCUT2D eigenvalue weighted by Crippen LogP contribution is 2.32. The van der Waals surface area contributed by atoms with E-state index in [-0.39, 0.29) is 5.82 Å². The molecular formula is C23H14FN7. The number of fused-ring (bicyclic) bond motifs is 2. The van der Waals surface area contributed by atoms with Crippen molar-refractivity contribution in [3.8, 4) is 33.8 Å². The summed E-state index contributed by atoms with van der Waals surface area (Å²) in [6.07, 6.45) is 6.76. The first kappa shape index (κ1) is 17.4. The van der Waals surface area contributed by atoms with Crippen LogP contribution in [0.5, 0.6) is 0 Å². The van der Waals surface area contributed by atoms with Gasteiger partial charge in [-0.2, -0.15) is 5.10 Å². The van der Waals surface area contributed by atoms with Gasteiger partial charge >= 0.3 is 0 Å². The second kappa shape index (κ2) is 6.81. The third-order valence-electron chi connectivity index (χ3n) is 5.22. The summed E-state index contributed by atoms with van der Waals surface area (Å²) in [5.41, 5.74) is 6.56. The van der Waals surface area contributed by atoms with Crippen LogP contribution in [0.2, 0.25) is 0 Å². The van der Waals surface area contributed by atoms with Crippen LogP contribution in [0.4, 0.5) is 4.39 Å². The molecule has 0 unspecified atom stereocenters. The van der Waals surface area contributed by atoms with Gasteiger partial charge in [0.05, 0.1) is 5.52 Å². The van der Waals surface area contributed by atoms with Gasteiger partial charge < -0.3 is 4.98 Å². The first-order valence-corrected chi connectivity index (χ1v) is 9.61. The van der Waals surface area contributed by atoms with Crippen LogP contribution in [0.1, 0.15) is 0 Å². The molecule has 6 aromatic rings. The monoisotopic (exact) mass is 407 g/mol. The average Bonchev–Trinajstić information content (AvgIpc) is 3.43. The molecule has 31 heavy (non-hydrogen) atoms. The summed E-state index contributed by atoms with van der Waals surface area (Å²) >= 11 is 0. The number of hydrogen-bond donors (Lipinski definition) is 2. The Morgan fingerprint density at radius 2 is 1.65 bits per heavy atom. The highest BCUT2D eigenvalue weighted by molar-refractivity contribution is 5.97. The molecule has 6 rings (SSSR count). The van der Waals surface area contributed by atoms with E-state index in [4.69, 9.17) is 4.98 Å². The lowest BCUT2D eigenvalue weighted by atomic mass is 10.1. The Labute approximate surface area is 175 Å². The molecule has 0 aliphatic heterocycles. The molecule has 148 valence electrons. The number of nitrogens with one attached hydrogen (secondary N) is 2. The Kier molecular flexibility index (Phi) is 3.82. The third kappa shape index (κ3) is 2.93. The Morgan fingerprint density at radius 1 is 0.839 bits per heavy atom. The molecule has 0 spiro atoms. The molecule has 2 aromatic carbocycles. The summed E-state index contributed by atoms with van der Waals surface area (Å²) in [4.78, 5) is 20.7. The molecule has 0 fully saturated rings. The van der Waals surface area contributed by atoms with Crippen molar-refractivity contribution in [3.05, 3.63) is 79.3 Å². The molecule has 4 heterocycles. The van der Waals surface area contributed by atoms with Crippen LogP contribution in [0.25, 0.3) is 55.8 Å². The molecule has 0 aliphatic rings. The number of pyridine rings is 1. The van der Waals surface area contributed by atoms with E-state index in [9.17, 15) is 4.39 Å². The summed E-state index contributed by atoms with van der Waals surface area (Å²) in [6.45, 7) is 0. The van der Waals surface area contributed by atoms with E-state index in [2.05, 4.69) is 30.1 Å². The molecule has 7 nitrogen and oxygen atoms in total.